The van der Waals surface area contributed by atoms with E-state index in [1.807, 2.05) is 13.8 Å². The van der Waals surface area contributed by atoms with Crippen molar-refractivity contribution in [3.8, 4) is 0 Å². The number of rotatable bonds is 6. The summed E-state index contributed by atoms with van der Waals surface area (Å²) in [6, 6.07) is 0.186. The lowest BCUT2D eigenvalue weighted by molar-refractivity contribution is -0.120. The van der Waals surface area contributed by atoms with Crippen molar-refractivity contribution < 1.29 is 9.90 Å². The molecule has 0 rings (SSSR count). The zero-order valence-corrected chi connectivity index (χ0v) is 8.63. The van der Waals surface area contributed by atoms with E-state index in [4.69, 9.17) is 5.11 Å². The highest BCUT2D eigenvalue weighted by molar-refractivity contribution is 5.78. The second-order valence-electron chi connectivity index (χ2n) is 3.54. The molecule has 0 aliphatic rings. The number of hydrogen-bond donors (Lipinski definition) is 3. The van der Waals surface area contributed by atoms with Crippen LogP contribution in [0, 0.1) is 0 Å². The Hall–Kier alpha value is -0.610. The van der Waals surface area contributed by atoms with E-state index in [9.17, 15) is 4.79 Å². The van der Waals surface area contributed by atoms with Crippen LogP contribution in [0.3, 0.4) is 0 Å². The topological polar surface area (TPSA) is 61.4 Å². The largest absolute Gasteiger partial charge is 0.393 e. The molecule has 78 valence electrons. The minimum Gasteiger partial charge on any atom is -0.393 e. The van der Waals surface area contributed by atoms with E-state index in [1.54, 1.807) is 6.92 Å². The number of aliphatic hydroxyl groups is 1. The van der Waals surface area contributed by atoms with Crippen LogP contribution in [0.15, 0.2) is 0 Å². The molecule has 0 aliphatic carbocycles. The molecule has 3 N–H and O–H groups in total. The van der Waals surface area contributed by atoms with E-state index in [2.05, 4.69) is 10.6 Å². The molecule has 1 unspecified atom stereocenters. The number of hydrogen-bond acceptors (Lipinski definition) is 3. The number of amides is 1. The Kier molecular flexibility index (Phi) is 6.54. The van der Waals surface area contributed by atoms with Crippen molar-refractivity contribution in [3.05, 3.63) is 0 Å². The van der Waals surface area contributed by atoms with Gasteiger partial charge in [-0.1, -0.05) is 0 Å². The second-order valence-corrected chi connectivity index (χ2v) is 3.54. The number of aliphatic hydroxyl groups excluding tert-OH is 1. The lowest BCUT2D eigenvalue weighted by atomic mass is 10.3. The Bertz CT molecular complexity index is 147. The number of carbonyl (C=O) groups is 1. The van der Waals surface area contributed by atoms with Gasteiger partial charge in [0.25, 0.3) is 0 Å². The maximum absolute atomic E-state index is 11.1. The molecular formula is C9H20N2O2. The Balaban J connectivity index is 3.27. The van der Waals surface area contributed by atoms with Gasteiger partial charge < -0.3 is 15.7 Å². The van der Waals surface area contributed by atoms with Gasteiger partial charge in [0.15, 0.2) is 0 Å². The first-order chi connectivity index (χ1) is 6.02. The van der Waals surface area contributed by atoms with E-state index in [0.717, 1.165) is 0 Å². The van der Waals surface area contributed by atoms with Crippen molar-refractivity contribution in [2.24, 2.45) is 0 Å². The highest BCUT2D eigenvalue weighted by Gasteiger charge is 2.02. The van der Waals surface area contributed by atoms with E-state index in [0.29, 0.717) is 19.5 Å². The molecule has 0 aromatic rings. The minimum atomic E-state index is -0.305. The standard InChI is InChI=1S/C9H20N2O2/c1-7(2)11-9(13)6-10-5-4-8(3)12/h7-8,10,12H,4-6H2,1-3H3,(H,11,13). The van der Waals surface area contributed by atoms with Gasteiger partial charge in [0.1, 0.15) is 0 Å². The molecule has 1 amide bonds. The highest BCUT2D eigenvalue weighted by atomic mass is 16.3. The van der Waals surface area contributed by atoms with Gasteiger partial charge in [0.05, 0.1) is 12.6 Å². The molecule has 0 radical (unpaired) electrons. The molecular weight excluding hydrogens is 168 g/mol. The van der Waals surface area contributed by atoms with Crippen LogP contribution >= 0.6 is 0 Å². The summed E-state index contributed by atoms with van der Waals surface area (Å²) in [7, 11) is 0. The summed E-state index contributed by atoms with van der Waals surface area (Å²) in [4.78, 5) is 11.1. The van der Waals surface area contributed by atoms with E-state index in [-0.39, 0.29) is 18.1 Å². The third-order valence-electron chi connectivity index (χ3n) is 1.47. The Morgan fingerprint density at radius 1 is 1.38 bits per heavy atom. The molecule has 4 nitrogen and oxygen atoms in total. The second kappa shape index (κ2) is 6.86. The summed E-state index contributed by atoms with van der Waals surface area (Å²) in [5.74, 6) is 0.000549. The summed E-state index contributed by atoms with van der Waals surface area (Å²) in [5, 5.41) is 14.6. The summed E-state index contributed by atoms with van der Waals surface area (Å²) in [6.45, 7) is 6.57. The van der Waals surface area contributed by atoms with Crippen molar-refractivity contribution >= 4 is 5.91 Å². The van der Waals surface area contributed by atoms with Gasteiger partial charge >= 0.3 is 0 Å². The third-order valence-corrected chi connectivity index (χ3v) is 1.47. The van der Waals surface area contributed by atoms with Crippen molar-refractivity contribution in [1.29, 1.82) is 0 Å². The normalized spacial score (nSPS) is 13.0. The molecule has 0 heterocycles. The van der Waals surface area contributed by atoms with Gasteiger partial charge in [-0.15, -0.1) is 0 Å². The zero-order valence-electron chi connectivity index (χ0n) is 8.63. The molecule has 0 saturated heterocycles. The average Bonchev–Trinajstić information content (AvgIpc) is 1.96. The van der Waals surface area contributed by atoms with E-state index in [1.165, 1.54) is 0 Å². The highest BCUT2D eigenvalue weighted by Crippen LogP contribution is 1.85. The predicted octanol–water partition coefficient (Wildman–Crippen LogP) is -0.128. The number of carbonyl (C=O) groups excluding carboxylic acids is 1. The van der Waals surface area contributed by atoms with Crippen LogP contribution in [0.4, 0.5) is 0 Å². The fourth-order valence-electron chi connectivity index (χ4n) is 0.886. The van der Waals surface area contributed by atoms with Crippen molar-refractivity contribution in [3.63, 3.8) is 0 Å². The Morgan fingerprint density at radius 3 is 2.46 bits per heavy atom. The van der Waals surface area contributed by atoms with E-state index < -0.39 is 0 Å². The van der Waals surface area contributed by atoms with Crippen LogP contribution in [0.1, 0.15) is 27.2 Å². The zero-order chi connectivity index (χ0) is 10.3. The first-order valence-electron chi connectivity index (χ1n) is 4.70. The summed E-state index contributed by atoms with van der Waals surface area (Å²) in [6.07, 6.45) is 0.371. The fraction of sp³-hybridized carbons (Fsp3) is 0.889. The molecule has 1 atom stereocenters. The first kappa shape index (κ1) is 12.4. The van der Waals surface area contributed by atoms with Gasteiger partial charge in [-0.3, -0.25) is 4.79 Å². The minimum absolute atomic E-state index is 0.000549. The first-order valence-corrected chi connectivity index (χ1v) is 4.70. The average molecular weight is 188 g/mol. The van der Waals surface area contributed by atoms with Crippen LogP contribution in [-0.2, 0) is 4.79 Å². The third kappa shape index (κ3) is 9.30. The molecule has 0 aromatic heterocycles. The molecule has 13 heavy (non-hydrogen) atoms. The molecule has 0 spiro atoms. The van der Waals surface area contributed by atoms with Gasteiger partial charge in [0.2, 0.25) is 5.91 Å². The molecule has 0 aliphatic heterocycles. The smallest absolute Gasteiger partial charge is 0.234 e. The van der Waals surface area contributed by atoms with Gasteiger partial charge in [-0.25, -0.2) is 0 Å². The molecule has 0 fully saturated rings. The van der Waals surface area contributed by atoms with Crippen LogP contribution in [0.25, 0.3) is 0 Å². The van der Waals surface area contributed by atoms with Crippen LogP contribution in [0.5, 0.6) is 0 Å². The lowest BCUT2D eigenvalue weighted by Crippen LogP contribution is -2.38. The number of nitrogens with one attached hydrogen (secondary N) is 2. The Labute approximate surface area is 79.7 Å². The van der Waals surface area contributed by atoms with Crippen LogP contribution in [0.2, 0.25) is 0 Å². The molecule has 0 saturated carbocycles. The van der Waals surface area contributed by atoms with Crippen LogP contribution in [-0.4, -0.2) is 36.2 Å². The molecule has 4 heteroatoms. The summed E-state index contributed by atoms with van der Waals surface area (Å²) >= 11 is 0. The molecule has 0 bridgehead atoms. The van der Waals surface area contributed by atoms with Crippen LogP contribution < -0.4 is 10.6 Å². The van der Waals surface area contributed by atoms with Gasteiger partial charge in [-0.05, 0) is 33.7 Å². The molecule has 0 aromatic carbocycles. The van der Waals surface area contributed by atoms with Crippen molar-refractivity contribution in [1.82, 2.24) is 10.6 Å². The quantitative estimate of drug-likeness (QED) is 0.509. The predicted molar refractivity (Wildman–Crippen MR) is 52.4 cm³/mol. The summed E-state index contributed by atoms with van der Waals surface area (Å²) < 4.78 is 0. The van der Waals surface area contributed by atoms with E-state index >= 15 is 0 Å². The van der Waals surface area contributed by atoms with Gasteiger partial charge in [0, 0.05) is 6.04 Å². The fourth-order valence-corrected chi connectivity index (χ4v) is 0.886. The SMILES string of the molecule is CC(O)CCNCC(=O)NC(C)C. The van der Waals surface area contributed by atoms with Gasteiger partial charge in [-0.2, -0.15) is 0 Å². The lowest BCUT2D eigenvalue weighted by Gasteiger charge is -2.09. The maximum Gasteiger partial charge on any atom is 0.234 e. The summed E-state index contributed by atoms with van der Waals surface area (Å²) in [5.41, 5.74) is 0. The van der Waals surface area contributed by atoms with Crippen molar-refractivity contribution in [2.45, 2.75) is 39.3 Å². The van der Waals surface area contributed by atoms with Crippen molar-refractivity contribution in [2.75, 3.05) is 13.1 Å². The Morgan fingerprint density at radius 2 is 2.00 bits per heavy atom. The maximum atomic E-state index is 11.1. The monoisotopic (exact) mass is 188 g/mol.